The first-order valence-corrected chi connectivity index (χ1v) is 12.6. The highest BCUT2D eigenvalue weighted by molar-refractivity contribution is 7.92. The highest BCUT2D eigenvalue weighted by atomic mass is 35.5. The second-order valence-corrected chi connectivity index (χ2v) is 9.81. The number of halogens is 1. The number of hydrogen-bond acceptors (Lipinski definition) is 8. The summed E-state index contributed by atoms with van der Waals surface area (Å²) >= 11 is 6.13. The van der Waals surface area contributed by atoms with Gasteiger partial charge in [-0.1, -0.05) is 35.9 Å². The normalized spacial score (nSPS) is 11.1. The van der Waals surface area contributed by atoms with Crippen molar-refractivity contribution in [3.05, 3.63) is 82.9 Å². The van der Waals surface area contributed by atoms with Crippen LogP contribution in [-0.4, -0.2) is 47.5 Å². The van der Waals surface area contributed by atoms with E-state index in [0.717, 1.165) is 4.31 Å². The molecule has 3 aromatic carbocycles. The Kier molecular flexibility index (Phi) is 9.10. The molecule has 1 N–H and O–H groups in total. The highest BCUT2D eigenvalue weighted by Crippen LogP contribution is 2.30. The predicted molar refractivity (Wildman–Crippen MR) is 139 cm³/mol. The van der Waals surface area contributed by atoms with Crippen LogP contribution in [0.3, 0.4) is 0 Å². The van der Waals surface area contributed by atoms with Crippen LogP contribution >= 0.6 is 11.6 Å². The molecule has 0 heterocycles. The Bertz CT molecular complexity index is 1410. The molecule has 0 bridgehead atoms. The number of carbonyl (C=O) groups excluding carboxylic acids is 2. The van der Waals surface area contributed by atoms with Gasteiger partial charge >= 0.3 is 6.16 Å². The van der Waals surface area contributed by atoms with Crippen LogP contribution in [0.2, 0.25) is 5.02 Å². The molecule has 0 spiro atoms. The van der Waals surface area contributed by atoms with Crippen molar-refractivity contribution in [2.75, 3.05) is 25.1 Å². The van der Waals surface area contributed by atoms with E-state index < -0.39 is 28.6 Å². The molecule has 0 atom stereocenters. The summed E-state index contributed by atoms with van der Waals surface area (Å²) in [7, 11) is -1.53. The summed E-state index contributed by atoms with van der Waals surface area (Å²) in [4.78, 5) is 24.1. The number of hydrazone groups is 1. The standard InChI is InChI=1S/C25H24ClN3O7S/c1-17-9-11-19(26)14-21(17)29(37(32,33)20-7-5-4-6-8-20)16-24(30)28-27-15-18-10-12-22(23(13-18)34-2)36-25(31)35-3/h4-15H,16H2,1-3H3,(H,28,30)/b27-15-. The molecule has 3 rings (SSSR count). The maximum atomic E-state index is 13.4. The first kappa shape index (κ1) is 27.5. The van der Waals surface area contributed by atoms with Gasteiger partial charge in [0.1, 0.15) is 6.54 Å². The largest absolute Gasteiger partial charge is 0.513 e. The average molecular weight is 546 g/mol. The van der Waals surface area contributed by atoms with E-state index in [9.17, 15) is 18.0 Å². The topological polar surface area (TPSA) is 124 Å². The molecule has 0 aliphatic heterocycles. The van der Waals surface area contributed by atoms with E-state index in [-0.39, 0.29) is 22.1 Å². The minimum atomic E-state index is -4.10. The number of hydrogen-bond donors (Lipinski definition) is 1. The molecule has 37 heavy (non-hydrogen) atoms. The van der Waals surface area contributed by atoms with Crippen LogP contribution in [0.15, 0.2) is 76.7 Å². The minimum absolute atomic E-state index is 0.0204. The number of ether oxygens (including phenoxy) is 3. The van der Waals surface area contributed by atoms with Crippen molar-refractivity contribution in [1.29, 1.82) is 0 Å². The van der Waals surface area contributed by atoms with Gasteiger partial charge in [0.05, 0.1) is 31.0 Å². The Morgan fingerprint density at radius 1 is 1.03 bits per heavy atom. The summed E-state index contributed by atoms with van der Waals surface area (Å²) in [6.45, 7) is 1.17. The van der Waals surface area contributed by atoms with Gasteiger partial charge in [0, 0.05) is 5.02 Å². The molecular weight excluding hydrogens is 522 g/mol. The SMILES string of the molecule is COC(=O)Oc1ccc(/C=N\NC(=O)CN(c2cc(Cl)ccc2C)S(=O)(=O)c2ccccc2)cc1OC. The number of nitrogens with one attached hydrogen (secondary N) is 1. The van der Waals surface area contributed by atoms with Gasteiger partial charge < -0.3 is 14.2 Å². The monoisotopic (exact) mass is 545 g/mol. The Labute approximate surface area is 219 Å². The third kappa shape index (κ3) is 6.99. The lowest BCUT2D eigenvalue weighted by molar-refractivity contribution is -0.119. The average Bonchev–Trinajstić information content (AvgIpc) is 2.89. The quantitative estimate of drug-likeness (QED) is 0.185. The fourth-order valence-corrected chi connectivity index (χ4v) is 4.86. The highest BCUT2D eigenvalue weighted by Gasteiger charge is 2.28. The number of rotatable bonds is 9. The summed E-state index contributed by atoms with van der Waals surface area (Å²) < 4.78 is 42.5. The van der Waals surface area contributed by atoms with Gasteiger partial charge in [-0.2, -0.15) is 5.10 Å². The van der Waals surface area contributed by atoms with Crippen LogP contribution in [0.4, 0.5) is 10.5 Å². The third-order valence-electron chi connectivity index (χ3n) is 5.01. The summed E-state index contributed by atoms with van der Waals surface area (Å²) in [5.41, 5.74) is 3.71. The van der Waals surface area contributed by atoms with Crippen LogP contribution in [0.5, 0.6) is 11.5 Å². The zero-order valence-corrected chi connectivity index (χ0v) is 21.7. The molecule has 1 amide bonds. The van der Waals surface area contributed by atoms with Gasteiger partial charge in [-0.25, -0.2) is 18.6 Å². The van der Waals surface area contributed by atoms with Crippen molar-refractivity contribution < 1.29 is 32.2 Å². The summed E-state index contributed by atoms with van der Waals surface area (Å²) in [6, 6.07) is 17.1. The third-order valence-corrected chi connectivity index (χ3v) is 7.02. The molecule has 0 aromatic heterocycles. The first-order valence-electron chi connectivity index (χ1n) is 10.8. The van der Waals surface area contributed by atoms with E-state index in [1.54, 1.807) is 43.3 Å². The lowest BCUT2D eigenvalue weighted by Gasteiger charge is -2.25. The first-order chi connectivity index (χ1) is 17.6. The summed E-state index contributed by atoms with van der Waals surface area (Å²) in [5, 5.41) is 4.23. The Morgan fingerprint density at radius 3 is 2.43 bits per heavy atom. The Hall–Kier alpha value is -4.09. The second kappa shape index (κ2) is 12.2. The van der Waals surface area contributed by atoms with E-state index in [2.05, 4.69) is 15.3 Å². The van der Waals surface area contributed by atoms with Crippen molar-refractivity contribution in [3.8, 4) is 11.5 Å². The van der Waals surface area contributed by atoms with Crippen molar-refractivity contribution >= 4 is 45.6 Å². The zero-order chi connectivity index (χ0) is 27.0. The van der Waals surface area contributed by atoms with E-state index in [1.165, 1.54) is 50.8 Å². The number of amides is 1. The van der Waals surface area contributed by atoms with E-state index >= 15 is 0 Å². The Balaban J connectivity index is 1.81. The number of benzene rings is 3. The number of nitrogens with zero attached hydrogens (tertiary/aromatic N) is 2. The zero-order valence-electron chi connectivity index (χ0n) is 20.2. The maximum absolute atomic E-state index is 13.4. The summed E-state index contributed by atoms with van der Waals surface area (Å²) in [5.74, 6) is -0.320. The van der Waals surface area contributed by atoms with Gasteiger partial charge in [0.25, 0.3) is 15.9 Å². The van der Waals surface area contributed by atoms with E-state index in [0.29, 0.717) is 16.1 Å². The van der Waals surface area contributed by atoms with Gasteiger partial charge in [0.2, 0.25) is 0 Å². The maximum Gasteiger partial charge on any atom is 0.513 e. The van der Waals surface area contributed by atoms with E-state index in [1.807, 2.05) is 0 Å². The molecule has 0 saturated heterocycles. The van der Waals surface area contributed by atoms with Crippen LogP contribution < -0.4 is 19.2 Å². The molecule has 0 fully saturated rings. The van der Waals surface area contributed by atoms with Crippen LogP contribution in [0.1, 0.15) is 11.1 Å². The van der Waals surface area contributed by atoms with E-state index in [4.69, 9.17) is 21.1 Å². The smallest absolute Gasteiger partial charge is 0.493 e. The van der Waals surface area contributed by atoms with Crippen LogP contribution in [0.25, 0.3) is 0 Å². The fourth-order valence-electron chi connectivity index (χ4n) is 3.20. The lowest BCUT2D eigenvalue weighted by Crippen LogP contribution is -2.40. The van der Waals surface area contributed by atoms with Crippen LogP contribution in [-0.2, 0) is 19.6 Å². The van der Waals surface area contributed by atoms with Crippen molar-refractivity contribution in [2.45, 2.75) is 11.8 Å². The number of methoxy groups -OCH3 is 2. The van der Waals surface area contributed by atoms with Gasteiger partial charge in [-0.15, -0.1) is 0 Å². The molecule has 12 heteroatoms. The van der Waals surface area contributed by atoms with Gasteiger partial charge in [-0.05, 0) is 60.5 Å². The molecule has 10 nitrogen and oxygen atoms in total. The molecule has 0 radical (unpaired) electrons. The molecule has 0 aliphatic rings. The fraction of sp³-hybridized carbons (Fsp3) is 0.160. The lowest BCUT2D eigenvalue weighted by atomic mass is 10.2. The predicted octanol–water partition coefficient (Wildman–Crippen LogP) is 4.15. The summed E-state index contributed by atoms with van der Waals surface area (Å²) in [6.07, 6.45) is 0.417. The molecular formula is C25H24ClN3O7S. The van der Waals surface area contributed by atoms with Crippen molar-refractivity contribution in [1.82, 2.24) is 5.43 Å². The molecule has 3 aromatic rings. The Morgan fingerprint density at radius 2 is 1.76 bits per heavy atom. The molecule has 0 unspecified atom stereocenters. The second-order valence-electron chi connectivity index (χ2n) is 7.52. The van der Waals surface area contributed by atoms with Gasteiger partial charge in [-0.3, -0.25) is 9.10 Å². The van der Waals surface area contributed by atoms with Crippen molar-refractivity contribution in [3.63, 3.8) is 0 Å². The number of aryl methyl sites for hydroxylation is 1. The molecule has 0 aliphatic carbocycles. The number of sulfonamides is 1. The van der Waals surface area contributed by atoms with Crippen molar-refractivity contribution in [2.24, 2.45) is 5.10 Å². The van der Waals surface area contributed by atoms with Gasteiger partial charge in [0.15, 0.2) is 11.5 Å². The molecule has 194 valence electrons. The molecule has 0 saturated carbocycles. The van der Waals surface area contributed by atoms with Crippen LogP contribution in [0, 0.1) is 6.92 Å². The number of anilines is 1. The number of carbonyl (C=O) groups is 2. The minimum Gasteiger partial charge on any atom is -0.493 e.